The Morgan fingerprint density at radius 1 is 1.75 bits per heavy atom. The van der Waals surface area contributed by atoms with E-state index in [1.807, 2.05) is 0 Å². The van der Waals surface area contributed by atoms with Gasteiger partial charge in [0.2, 0.25) is 0 Å². The van der Waals surface area contributed by atoms with E-state index in [0.29, 0.717) is 19.7 Å². The van der Waals surface area contributed by atoms with Gasteiger partial charge in [0.05, 0.1) is 12.7 Å². The van der Waals surface area contributed by atoms with Crippen molar-refractivity contribution < 1.29 is 14.6 Å². The lowest BCUT2D eigenvalue weighted by Crippen LogP contribution is -2.42. The number of amides is 1. The van der Waals surface area contributed by atoms with E-state index >= 15 is 0 Å². The minimum absolute atomic E-state index is 0.309. The first-order chi connectivity index (χ1) is 5.74. The van der Waals surface area contributed by atoms with Gasteiger partial charge in [0, 0.05) is 13.1 Å². The summed E-state index contributed by atoms with van der Waals surface area (Å²) in [5.74, 6) is 0. The lowest BCUT2D eigenvalue weighted by molar-refractivity contribution is 0.0511. The Bertz CT molecular complexity index is 160. The number of β-amino-alcohol motifs (C(OH)–C–C–N with tert-alkyl or cyclic N) is 1. The van der Waals surface area contributed by atoms with Crippen molar-refractivity contribution in [2.45, 2.75) is 25.9 Å². The molecular formula is C8H15NO3. The topological polar surface area (TPSA) is 49.8 Å². The molecule has 70 valence electrons. The molecule has 1 aliphatic heterocycles. The Balaban J connectivity index is 2.35. The van der Waals surface area contributed by atoms with Gasteiger partial charge in [-0.15, -0.1) is 0 Å². The average molecular weight is 173 g/mol. The van der Waals surface area contributed by atoms with Crippen molar-refractivity contribution >= 4 is 6.09 Å². The maximum Gasteiger partial charge on any atom is 0.409 e. The molecule has 1 fully saturated rings. The molecule has 0 unspecified atom stereocenters. The Hall–Kier alpha value is -0.770. The highest BCUT2D eigenvalue weighted by molar-refractivity contribution is 5.67. The molecule has 1 N–H and O–H groups in total. The fraction of sp³-hybridized carbons (Fsp3) is 0.875. The van der Waals surface area contributed by atoms with Gasteiger partial charge in [0.1, 0.15) is 0 Å². The van der Waals surface area contributed by atoms with E-state index in [4.69, 9.17) is 4.74 Å². The number of piperidine rings is 1. The molecule has 12 heavy (non-hydrogen) atoms. The molecule has 0 radical (unpaired) electrons. The number of aliphatic hydroxyl groups is 1. The van der Waals surface area contributed by atoms with E-state index in [0.717, 1.165) is 12.8 Å². The van der Waals surface area contributed by atoms with Crippen LogP contribution in [0.1, 0.15) is 19.8 Å². The second kappa shape index (κ2) is 4.30. The summed E-state index contributed by atoms with van der Waals surface area (Å²) in [6.45, 7) is 3.29. The van der Waals surface area contributed by atoms with Crippen LogP contribution < -0.4 is 0 Å². The fourth-order valence-electron chi connectivity index (χ4n) is 1.34. The Morgan fingerprint density at radius 3 is 3.08 bits per heavy atom. The van der Waals surface area contributed by atoms with Gasteiger partial charge < -0.3 is 14.7 Å². The zero-order valence-electron chi connectivity index (χ0n) is 7.32. The van der Waals surface area contributed by atoms with Crippen LogP contribution in [0, 0.1) is 0 Å². The number of ether oxygens (including phenoxy) is 1. The van der Waals surface area contributed by atoms with Crippen LogP contribution in [0.3, 0.4) is 0 Å². The van der Waals surface area contributed by atoms with E-state index in [2.05, 4.69) is 0 Å². The first-order valence-electron chi connectivity index (χ1n) is 4.33. The normalized spacial score (nSPS) is 23.8. The van der Waals surface area contributed by atoms with E-state index in [9.17, 15) is 9.90 Å². The van der Waals surface area contributed by atoms with Crippen LogP contribution in [-0.2, 0) is 4.74 Å². The van der Waals surface area contributed by atoms with Crippen LogP contribution in [0.4, 0.5) is 4.79 Å². The second-order valence-corrected chi connectivity index (χ2v) is 2.94. The third-order valence-corrected chi connectivity index (χ3v) is 1.92. The van der Waals surface area contributed by atoms with Crippen LogP contribution in [-0.4, -0.2) is 41.9 Å². The van der Waals surface area contributed by atoms with Gasteiger partial charge in [0.15, 0.2) is 0 Å². The third-order valence-electron chi connectivity index (χ3n) is 1.92. The molecule has 0 aliphatic carbocycles. The molecule has 1 atom stereocenters. The minimum atomic E-state index is -0.372. The first kappa shape index (κ1) is 9.32. The van der Waals surface area contributed by atoms with Crippen LogP contribution >= 0.6 is 0 Å². The smallest absolute Gasteiger partial charge is 0.409 e. The summed E-state index contributed by atoms with van der Waals surface area (Å²) in [6.07, 6.45) is 0.968. The largest absolute Gasteiger partial charge is 0.450 e. The molecule has 0 aromatic carbocycles. The van der Waals surface area contributed by atoms with Gasteiger partial charge >= 0.3 is 6.09 Å². The van der Waals surface area contributed by atoms with Gasteiger partial charge in [-0.3, -0.25) is 0 Å². The van der Waals surface area contributed by atoms with E-state index in [1.165, 1.54) is 0 Å². The number of likely N-dealkylation sites (tertiary alicyclic amines) is 1. The predicted molar refractivity (Wildman–Crippen MR) is 43.8 cm³/mol. The Morgan fingerprint density at radius 2 is 2.50 bits per heavy atom. The van der Waals surface area contributed by atoms with Gasteiger partial charge in [-0.25, -0.2) is 4.79 Å². The summed E-state index contributed by atoms with van der Waals surface area (Å²) in [5, 5.41) is 9.25. The van der Waals surface area contributed by atoms with Crippen molar-refractivity contribution in [3.8, 4) is 0 Å². The molecular weight excluding hydrogens is 158 g/mol. The molecule has 1 saturated heterocycles. The lowest BCUT2D eigenvalue weighted by atomic mass is 10.1. The third kappa shape index (κ3) is 2.37. The number of nitrogens with zero attached hydrogens (tertiary/aromatic N) is 1. The highest BCUT2D eigenvalue weighted by atomic mass is 16.6. The zero-order chi connectivity index (χ0) is 8.97. The summed E-state index contributed by atoms with van der Waals surface area (Å²) in [6, 6.07) is 0. The first-order valence-corrected chi connectivity index (χ1v) is 4.33. The number of hydrogen-bond donors (Lipinski definition) is 1. The Kier molecular flexibility index (Phi) is 3.34. The van der Waals surface area contributed by atoms with Crippen LogP contribution in [0.25, 0.3) is 0 Å². The van der Waals surface area contributed by atoms with Crippen molar-refractivity contribution in [3.63, 3.8) is 0 Å². The second-order valence-electron chi connectivity index (χ2n) is 2.94. The van der Waals surface area contributed by atoms with E-state index in [1.54, 1.807) is 11.8 Å². The summed E-state index contributed by atoms with van der Waals surface area (Å²) in [7, 11) is 0. The van der Waals surface area contributed by atoms with Gasteiger partial charge in [-0.1, -0.05) is 0 Å². The van der Waals surface area contributed by atoms with Gasteiger partial charge in [-0.2, -0.15) is 0 Å². The van der Waals surface area contributed by atoms with Crippen molar-refractivity contribution in [2.24, 2.45) is 0 Å². The standard InChI is InChI=1S/C8H15NO3/c1-2-12-8(11)9-5-3-4-7(10)6-9/h7,10H,2-6H2,1H3/t7-/m1/s1. The summed E-state index contributed by atoms with van der Waals surface area (Å²) in [5.41, 5.74) is 0. The number of rotatable bonds is 1. The van der Waals surface area contributed by atoms with Gasteiger partial charge in [0.25, 0.3) is 0 Å². The predicted octanol–water partition coefficient (Wildman–Crippen LogP) is 0.600. The molecule has 1 amide bonds. The maximum atomic E-state index is 11.1. The van der Waals surface area contributed by atoms with E-state index < -0.39 is 0 Å². The molecule has 1 aliphatic rings. The van der Waals surface area contributed by atoms with Crippen LogP contribution in [0.2, 0.25) is 0 Å². The maximum absolute atomic E-state index is 11.1. The quantitative estimate of drug-likeness (QED) is 0.631. The summed E-state index contributed by atoms with van der Waals surface area (Å²) < 4.78 is 4.81. The van der Waals surface area contributed by atoms with E-state index in [-0.39, 0.29) is 12.2 Å². The number of hydrogen-bond acceptors (Lipinski definition) is 3. The SMILES string of the molecule is CCOC(=O)N1CCC[C@@H](O)C1. The molecule has 4 nitrogen and oxygen atoms in total. The molecule has 0 bridgehead atoms. The highest BCUT2D eigenvalue weighted by Gasteiger charge is 2.22. The lowest BCUT2D eigenvalue weighted by Gasteiger charge is -2.28. The summed E-state index contributed by atoms with van der Waals surface area (Å²) >= 11 is 0. The summed E-state index contributed by atoms with van der Waals surface area (Å²) in [4.78, 5) is 12.7. The monoisotopic (exact) mass is 173 g/mol. The fourth-order valence-corrected chi connectivity index (χ4v) is 1.34. The average Bonchev–Trinajstić information content (AvgIpc) is 2.05. The Labute approximate surface area is 72.1 Å². The molecule has 1 heterocycles. The molecule has 0 saturated carbocycles. The highest BCUT2D eigenvalue weighted by Crippen LogP contribution is 2.10. The number of aliphatic hydroxyl groups excluding tert-OH is 1. The zero-order valence-corrected chi connectivity index (χ0v) is 7.32. The van der Waals surface area contributed by atoms with Crippen LogP contribution in [0.15, 0.2) is 0 Å². The molecule has 0 aromatic heterocycles. The molecule has 4 heteroatoms. The van der Waals surface area contributed by atoms with Crippen LogP contribution in [0.5, 0.6) is 0 Å². The number of carbonyl (C=O) groups is 1. The van der Waals surface area contributed by atoms with Gasteiger partial charge in [-0.05, 0) is 19.8 Å². The molecule has 1 rings (SSSR count). The molecule has 0 aromatic rings. The minimum Gasteiger partial charge on any atom is -0.450 e. The van der Waals surface area contributed by atoms with Crippen molar-refractivity contribution in [1.82, 2.24) is 4.90 Å². The number of carbonyl (C=O) groups excluding carboxylic acids is 1. The van der Waals surface area contributed by atoms with Crippen molar-refractivity contribution in [3.05, 3.63) is 0 Å². The van der Waals surface area contributed by atoms with Crippen molar-refractivity contribution in [1.29, 1.82) is 0 Å². The van der Waals surface area contributed by atoms with Crippen molar-refractivity contribution in [2.75, 3.05) is 19.7 Å². The molecule has 0 spiro atoms.